The quantitative estimate of drug-likeness (QED) is 0.275. The van der Waals surface area contributed by atoms with Crippen molar-refractivity contribution >= 4 is 57.5 Å². The van der Waals surface area contributed by atoms with Gasteiger partial charge in [-0.1, -0.05) is 65.3 Å². The number of benzene rings is 3. The highest BCUT2D eigenvalue weighted by Gasteiger charge is 2.14. The molecule has 0 aliphatic carbocycles. The van der Waals surface area contributed by atoms with E-state index in [0.717, 1.165) is 5.56 Å². The van der Waals surface area contributed by atoms with Crippen molar-refractivity contribution in [3.8, 4) is 11.4 Å². The summed E-state index contributed by atoms with van der Waals surface area (Å²) in [4.78, 5) is 21.6. The summed E-state index contributed by atoms with van der Waals surface area (Å²) in [5.74, 6) is -0.112. The Morgan fingerprint density at radius 1 is 1.00 bits per heavy atom. The van der Waals surface area contributed by atoms with Gasteiger partial charge in [-0.25, -0.2) is 14.4 Å². The van der Waals surface area contributed by atoms with Gasteiger partial charge in [0.05, 0.1) is 22.0 Å². The van der Waals surface area contributed by atoms with Gasteiger partial charge in [-0.3, -0.25) is 4.79 Å². The van der Waals surface area contributed by atoms with Crippen molar-refractivity contribution in [2.75, 3.05) is 11.1 Å². The summed E-state index contributed by atoms with van der Waals surface area (Å²) in [5, 5.41) is 4.65. The smallest absolute Gasteiger partial charge is 0.234 e. The highest BCUT2D eigenvalue weighted by Crippen LogP contribution is 2.30. The zero-order valence-corrected chi connectivity index (χ0v) is 17.7. The number of thioether (sulfide) groups is 1. The second-order valence-electron chi connectivity index (χ2n) is 6.34. The molecule has 0 atom stereocenters. The van der Waals surface area contributed by atoms with Crippen LogP contribution in [0.5, 0.6) is 0 Å². The summed E-state index contributed by atoms with van der Waals surface area (Å²) in [6.07, 6.45) is 0. The first-order valence-electron chi connectivity index (χ1n) is 8.90. The molecule has 1 heterocycles. The lowest BCUT2D eigenvalue weighted by molar-refractivity contribution is -0.113. The van der Waals surface area contributed by atoms with Gasteiger partial charge in [0.25, 0.3) is 0 Å². The third kappa shape index (κ3) is 4.73. The van der Waals surface area contributed by atoms with E-state index in [1.54, 1.807) is 24.3 Å². The Labute approximate surface area is 186 Å². The van der Waals surface area contributed by atoms with Crippen LogP contribution in [0.1, 0.15) is 0 Å². The minimum Gasteiger partial charge on any atom is -0.324 e. The van der Waals surface area contributed by atoms with Crippen LogP contribution in [-0.4, -0.2) is 21.6 Å². The zero-order chi connectivity index (χ0) is 21.1. The normalized spacial score (nSPS) is 10.9. The predicted molar refractivity (Wildman–Crippen MR) is 121 cm³/mol. The number of rotatable bonds is 5. The number of nitrogens with one attached hydrogen (secondary N) is 1. The number of anilines is 1. The summed E-state index contributed by atoms with van der Waals surface area (Å²) in [6, 6.07) is 18.6. The molecular weight excluding hydrogens is 444 g/mol. The lowest BCUT2D eigenvalue weighted by Gasteiger charge is -2.10. The van der Waals surface area contributed by atoms with Crippen molar-refractivity contribution in [2.24, 2.45) is 0 Å². The molecule has 30 heavy (non-hydrogen) atoms. The SMILES string of the molecule is O=C(CSc1nc(-c2ccccc2)nc2ccc(F)cc12)Nc1cc(Cl)ccc1Cl. The van der Waals surface area contributed by atoms with E-state index in [9.17, 15) is 9.18 Å². The fraction of sp³-hybridized carbons (Fsp3) is 0.0455. The molecule has 1 N–H and O–H groups in total. The van der Waals surface area contributed by atoms with E-state index in [-0.39, 0.29) is 11.7 Å². The number of aromatic nitrogens is 2. The molecule has 0 bridgehead atoms. The van der Waals surface area contributed by atoms with Crippen molar-refractivity contribution in [1.82, 2.24) is 9.97 Å². The van der Waals surface area contributed by atoms with Crippen LogP contribution in [0.2, 0.25) is 10.0 Å². The van der Waals surface area contributed by atoms with Crippen molar-refractivity contribution < 1.29 is 9.18 Å². The van der Waals surface area contributed by atoms with Gasteiger partial charge in [0.2, 0.25) is 5.91 Å². The molecule has 0 aliphatic rings. The van der Waals surface area contributed by atoms with Crippen molar-refractivity contribution in [3.63, 3.8) is 0 Å². The van der Waals surface area contributed by atoms with Crippen LogP contribution in [0.4, 0.5) is 10.1 Å². The standard InChI is InChI=1S/C22H14Cl2FN3OS/c23-14-6-8-17(24)19(10-14)26-20(29)12-30-22-16-11-15(25)7-9-18(16)27-21(28-22)13-4-2-1-3-5-13/h1-11H,12H2,(H,26,29). The lowest BCUT2D eigenvalue weighted by Crippen LogP contribution is -2.14. The minimum atomic E-state index is -0.393. The maximum Gasteiger partial charge on any atom is 0.234 e. The highest BCUT2D eigenvalue weighted by molar-refractivity contribution is 8.00. The van der Waals surface area contributed by atoms with Crippen LogP contribution in [0.25, 0.3) is 22.3 Å². The van der Waals surface area contributed by atoms with Gasteiger partial charge < -0.3 is 5.32 Å². The Balaban J connectivity index is 1.61. The molecule has 0 radical (unpaired) electrons. The molecule has 0 unspecified atom stereocenters. The number of hydrogen-bond donors (Lipinski definition) is 1. The first kappa shape index (κ1) is 20.6. The third-order valence-corrected chi connectivity index (χ3v) is 5.75. The number of hydrogen-bond acceptors (Lipinski definition) is 4. The van der Waals surface area contributed by atoms with E-state index in [2.05, 4.69) is 15.3 Å². The number of carbonyl (C=O) groups is 1. The van der Waals surface area contributed by atoms with E-state index in [4.69, 9.17) is 23.2 Å². The lowest BCUT2D eigenvalue weighted by atomic mass is 10.2. The summed E-state index contributed by atoms with van der Waals surface area (Å²) in [7, 11) is 0. The molecule has 4 rings (SSSR count). The maximum atomic E-state index is 13.8. The maximum absolute atomic E-state index is 13.8. The number of nitrogens with zero attached hydrogens (tertiary/aromatic N) is 2. The third-order valence-electron chi connectivity index (χ3n) is 4.20. The molecule has 4 aromatic rings. The Morgan fingerprint density at radius 2 is 1.80 bits per heavy atom. The second kappa shape index (κ2) is 9.00. The topological polar surface area (TPSA) is 54.9 Å². The fourth-order valence-corrected chi connectivity index (χ4v) is 3.96. The van der Waals surface area contributed by atoms with Crippen LogP contribution >= 0.6 is 35.0 Å². The van der Waals surface area contributed by atoms with Gasteiger partial charge in [0.1, 0.15) is 10.8 Å². The molecule has 3 aromatic carbocycles. The molecule has 4 nitrogen and oxygen atoms in total. The number of amides is 1. The van der Waals surface area contributed by atoms with Crippen LogP contribution in [0, 0.1) is 5.82 Å². The van der Waals surface area contributed by atoms with Crippen molar-refractivity contribution in [1.29, 1.82) is 0 Å². The van der Waals surface area contributed by atoms with Gasteiger partial charge in [-0.2, -0.15) is 0 Å². The molecule has 0 saturated heterocycles. The molecular formula is C22H14Cl2FN3OS. The van der Waals surface area contributed by atoms with Crippen LogP contribution in [-0.2, 0) is 4.79 Å². The monoisotopic (exact) mass is 457 g/mol. The minimum absolute atomic E-state index is 0.0553. The van der Waals surface area contributed by atoms with Gasteiger partial charge in [-0.05, 0) is 36.4 Å². The van der Waals surface area contributed by atoms with Crippen LogP contribution in [0.3, 0.4) is 0 Å². The summed E-state index contributed by atoms with van der Waals surface area (Å²) >= 11 is 13.3. The van der Waals surface area contributed by atoms with Gasteiger partial charge in [0, 0.05) is 16.0 Å². The first-order valence-corrected chi connectivity index (χ1v) is 10.6. The largest absolute Gasteiger partial charge is 0.324 e. The van der Waals surface area contributed by atoms with E-state index in [0.29, 0.717) is 37.5 Å². The molecule has 0 aliphatic heterocycles. The summed E-state index contributed by atoms with van der Waals surface area (Å²) in [6.45, 7) is 0. The van der Waals surface area contributed by atoms with Gasteiger partial charge in [-0.15, -0.1) is 0 Å². The average Bonchev–Trinajstić information content (AvgIpc) is 2.75. The van der Waals surface area contributed by atoms with E-state index in [1.807, 2.05) is 30.3 Å². The first-order chi connectivity index (χ1) is 14.5. The Morgan fingerprint density at radius 3 is 2.60 bits per heavy atom. The van der Waals surface area contributed by atoms with E-state index in [1.165, 1.54) is 23.9 Å². The van der Waals surface area contributed by atoms with Crippen LogP contribution in [0.15, 0.2) is 71.8 Å². The predicted octanol–water partition coefficient (Wildman–Crippen LogP) is 6.47. The van der Waals surface area contributed by atoms with Gasteiger partial charge >= 0.3 is 0 Å². The Hall–Kier alpha value is -2.67. The number of fused-ring (bicyclic) bond motifs is 1. The molecule has 0 saturated carbocycles. The molecule has 0 spiro atoms. The number of halogens is 3. The molecule has 8 heteroatoms. The van der Waals surface area contributed by atoms with Crippen molar-refractivity contribution in [3.05, 3.63) is 82.6 Å². The molecule has 150 valence electrons. The van der Waals surface area contributed by atoms with E-state index < -0.39 is 5.82 Å². The summed E-state index contributed by atoms with van der Waals surface area (Å²) < 4.78 is 13.8. The number of carbonyl (C=O) groups excluding carboxylic acids is 1. The average molecular weight is 458 g/mol. The molecule has 0 fully saturated rings. The van der Waals surface area contributed by atoms with Crippen molar-refractivity contribution in [2.45, 2.75) is 5.03 Å². The van der Waals surface area contributed by atoms with Gasteiger partial charge in [0.15, 0.2) is 5.82 Å². The Kier molecular flexibility index (Phi) is 6.18. The molecule has 1 aromatic heterocycles. The Bertz CT molecular complexity index is 1240. The van der Waals surface area contributed by atoms with E-state index >= 15 is 0 Å². The zero-order valence-electron chi connectivity index (χ0n) is 15.4. The highest BCUT2D eigenvalue weighted by atomic mass is 35.5. The second-order valence-corrected chi connectivity index (χ2v) is 8.15. The molecule has 1 amide bonds. The summed E-state index contributed by atoms with van der Waals surface area (Å²) in [5.41, 5.74) is 1.87. The van der Waals surface area contributed by atoms with Crippen LogP contribution < -0.4 is 5.32 Å². The fourth-order valence-electron chi connectivity index (χ4n) is 2.81.